The summed E-state index contributed by atoms with van der Waals surface area (Å²) in [4.78, 5) is 17.4. The van der Waals surface area contributed by atoms with Gasteiger partial charge in [-0.25, -0.2) is 15.0 Å². The molecule has 10 aromatic rings. The SMILES string of the molecule is C1=C(c2nc(-c3ccc4ccccc4c3)nc(-c3cc(-c4ccc5ccccc5c4)cc4oc5ccccc5c34)n2)c2c(sc3ccccc23)CC1. The molecule has 7 aromatic carbocycles. The van der Waals surface area contributed by atoms with Crippen LogP contribution in [0.3, 0.4) is 0 Å². The van der Waals surface area contributed by atoms with Gasteiger partial charge in [-0.05, 0) is 81.9 Å². The molecule has 0 fully saturated rings. The van der Waals surface area contributed by atoms with Crippen molar-refractivity contribution in [3.05, 3.63) is 168 Å². The van der Waals surface area contributed by atoms with E-state index in [2.05, 4.69) is 140 Å². The normalized spacial score (nSPS) is 13.0. The minimum absolute atomic E-state index is 0.625. The Bertz CT molecular complexity index is 3100. The zero-order chi connectivity index (χ0) is 34.2. The van der Waals surface area contributed by atoms with Crippen LogP contribution in [-0.4, -0.2) is 15.0 Å². The molecule has 0 radical (unpaired) electrons. The van der Waals surface area contributed by atoms with Crippen LogP contribution < -0.4 is 0 Å². The summed E-state index contributed by atoms with van der Waals surface area (Å²) in [6, 6.07) is 51.3. The average Bonchev–Trinajstić information content (AvgIpc) is 3.78. The van der Waals surface area contributed by atoms with Crippen LogP contribution >= 0.6 is 11.3 Å². The van der Waals surface area contributed by atoms with Gasteiger partial charge in [0.2, 0.25) is 0 Å². The van der Waals surface area contributed by atoms with E-state index >= 15 is 0 Å². The van der Waals surface area contributed by atoms with Crippen molar-refractivity contribution >= 4 is 70.5 Å². The van der Waals surface area contributed by atoms with Crippen LogP contribution in [0.2, 0.25) is 0 Å². The van der Waals surface area contributed by atoms with Gasteiger partial charge in [-0.2, -0.15) is 0 Å². The Hall–Kier alpha value is -6.43. The average molecular weight is 684 g/mol. The van der Waals surface area contributed by atoms with Crippen LogP contribution in [0, 0.1) is 0 Å². The minimum Gasteiger partial charge on any atom is -0.456 e. The van der Waals surface area contributed by atoms with Crippen molar-refractivity contribution in [2.24, 2.45) is 0 Å². The van der Waals surface area contributed by atoms with Gasteiger partial charge in [0.1, 0.15) is 11.2 Å². The first-order valence-corrected chi connectivity index (χ1v) is 18.5. The highest BCUT2D eigenvalue weighted by atomic mass is 32.1. The van der Waals surface area contributed by atoms with E-state index in [0.717, 1.165) is 68.0 Å². The Morgan fingerprint density at radius 2 is 1.15 bits per heavy atom. The van der Waals surface area contributed by atoms with Gasteiger partial charge in [0, 0.05) is 48.0 Å². The third kappa shape index (κ3) is 4.70. The molecule has 0 aliphatic heterocycles. The number of aryl methyl sites for hydroxylation is 1. The van der Waals surface area contributed by atoms with Crippen LogP contribution in [0.25, 0.3) is 93.0 Å². The quantitative estimate of drug-likeness (QED) is 0.185. The van der Waals surface area contributed by atoms with Crippen molar-refractivity contribution < 1.29 is 4.42 Å². The molecule has 244 valence electrons. The van der Waals surface area contributed by atoms with E-state index in [9.17, 15) is 0 Å². The smallest absolute Gasteiger partial charge is 0.164 e. The maximum absolute atomic E-state index is 6.58. The monoisotopic (exact) mass is 683 g/mol. The number of benzene rings is 7. The molecule has 0 N–H and O–H groups in total. The predicted molar refractivity (Wildman–Crippen MR) is 216 cm³/mol. The third-order valence-electron chi connectivity index (χ3n) is 10.3. The summed E-state index contributed by atoms with van der Waals surface area (Å²) in [6.07, 6.45) is 4.28. The topological polar surface area (TPSA) is 51.8 Å². The number of fused-ring (bicyclic) bond motifs is 8. The zero-order valence-corrected chi connectivity index (χ0v) is 28.8. The summed E-state index contributed by atoms with van der Waals surface area (Å²) in [5.74, 6) is 1.96. The molecule has 3 heterocycles. The Balaban J connectivity index is 1.20. The second-order valence-corrected chi connectivity index (χ2v) is 14.6. The molecule has 1 aliphatic carbocycles. The molecule has 0 unspecified atom stereocenters. The fourth-order valence-corrected chi connectivity index (χ4v) is 9.09. The van der Waals surface area contributed by atoms with Crippen molar-refractivity contribution in [2.75, 3.05) is 0 Å². The van der Waals surface area contributed by atoms with Gasteiger partial charge in [-0.15, -0.1) is 11.3 Å². The van der Waals surface area contributed by atoms with Crippen LogP contribution in [0.4, 0.5) is 0 Å². The van der Waals surface area contributed by atoms with Crippen molar-refractivity contribution in [3.8, 4) is 33.9 Å². The fourth-order valence-electron chi connectivity index (χ4n) is 7.86. The lowest BCUT2D eigenvalue weighted by molar-refractivity contribution is 0.669. The molecule has 0 saturated heterocycles. The lowest BCUT2D eigenvalue weighted by atomic mass is 9.93. The number of hydrogen-bond acceptors (Lipinski definition) is 5. The molecule has 0 bridgehead atoms. The second-order valence-electron chi connectivity index (χ2n) is 13.5. The summed E-state index contributed by atoms with van der Waals surface area (Å²) in [6.45, 7) is 0. The number of rotatable bonds is 4. The van der Waals surface area contributed by atoms with Crippen molar-refractivity contribution in [1.29, 1.82) is 0 Å². The van der Waals surface area contributed by atoms with Crippen LogP contribution in [-0.2, 0) is 6.42 Å². The van der Waals surface area contributed by atoms with Gasteiger partial charge in [-0.3, -0.25) is 0 Å². The van der Waals surface area contributed by atoms with E-state index in [1.165, 1.54) is 36.7 Å². The van der Waals surface area contributed by atoms with Gasteiger partial charge in [-0.1, -0.05) is 115 Å². The number of hydrogen-bond donors (Lipinski definition) is 0. The molecule has 11 rings (SSSR count). The molecule has 0 spiro atoms. The van der Waals surface area contributed by atoms with Gasteiger partial charge in [0.25, 0.3) is 0 Å². The summed E-state index contributed by atoms with van der Waals surface area (Å²) in [5.41, 5.74) is 7.99. The molecule has 1 aliphatic rings. The largest absolute Gasteiger partial charge is 0.456 e. The first-order valence-electron chi connectivity index (χ1n) is 17.6. The van der Waals surface area contributed by atoms with E-state index in [1.54, 1.807) is 0 Å². The highest BCUT2D eigenvalue weighted by Gasteiger charge is 2.25. The first-order chi connectivity index (χ1) is 25.7. The Morgan fingerprint density at radius 1 is 0.500 bits per heavy atom. The van der Waals surface area contributed by atoms with Gasteiger partial charge >= 0.3 is 0 Å². The molecular weight excluding hydrogens is 655 g/mol. The lowest BCUT2D eigenvalue weighted by Gasteiger charge is -2.16. The van der Waals surface area contributed by atoms with E-state index < -0.39 is 0 Å². The number of thiophene rings is 1. The third-order valence-corrected chi connectivity index (χ3v) is 11.6. The highest BCUT2D eigenvalue weighted by molar-refractivity contribution is 7.19. The molecule has 0 atom stereocenters. The van der Waals surface area contributed by atoms with E-state index in [1.807, 2.05) is 23.5 Å². The Morgan fingerprint density at radius 3 is 1.98 bits per heavy atom. The number of nitrogens with zero attached hydrogens (tertiary/aromatic N) is 3. The van der Waals surface area contributed by atoms with Crippen LogP contribution in [0.5, 0.6) is 0 Å². The number of allylic oxidation sites excluding steroid dienone is 1. The van der Waals surface area contributed by atoms with Crippen molar-refractivity contribution in [1.82, 2.24) is 15.0 Å². The number of furan rings is 1. The van der Waals surface area contributed by atoms with Crippen molar-refractivity contribution in [2.45, 2.75) is 12.8 Å². The van der Waals surface area contributed by atoms with E-state index in [-0.39, 0.29) is 0 Å². The molecule has 0 saturated carbocycles. The molecule has 52 heavy (non-hydrogen) atoms. The molecule has 4 nitrogen and oxygen atoms in total. The molecule has 5 heteroatoms. The standard InChI is InChI=1S/C47H29N3OS/c1-3-12-30-24-32(22-20-28(30)10-1)34-26-38(43-35-14-5-7-17-39(35)51-40(43)27-34)47-49-45(33-23-21-29-11-2-4-13-31(29)25-33)48-46(50-47)37-16-9-19-42-44(37)36-15-6-8-18-41(36)52-42/h1-8,10-18,20-27H,9,19H2. The zero-order valence-electron chi connectivity index (χ0n) is 28.0. The fraction of sp³-hybridized carbons (Fsp3) is 0.0426. The highest BCUT2D eigenvalue weighted by Crippen LogP contribution is 2.44. The summed E-state index contributed by atoms with van der Waals surface area (Å²) in [5, 5.41) is 8.02. The maximum atomic E-state index is 6.58. The van der Waals surface area contributed by atoms with Gasteiger partial charge < -0.3 is 4.42 Å². The Labute approximate surface area is 303 Å². The summed E-state index contributed by atoms with van der Waals surface area (Å²) >= 11 is 1.88. The minimum atomic E-state index is 0.625. The molecular formula is C47H29N3OS. The number of aromatic nitrogens is 3. The first kappa shape index (κ1) is 29.3. The lowest BCUT2D eigenvalue weighted by Crippen LogP contribution is -2.06. The summed E-state index contributed by atoms with van der Waals surface area (Å²) in [7, 11) is 0. The molecule has 3 aromatic heterocycles. The maximum Gasteiger partial charge on any atom is 0.164 e. The van der Waals surface area contributed by atoms with Gasteiger partial charge in [0.05, 0.1) is 0 Å². The Kier molecular flexibility index (Phi) is 6.51. The predicted octanol–water partition coefficient (Wildman–Crippen LogP) is 12.7. The second kappa shape index (κ2) is 11.6. The van der Waals surface area contributed by atoms with Gasteiger partial charge in [0.15, 0.2) is 17.5 Å². The number of para-hydroxylation sites is 1. The van der Waals surface area contributed by atoms with E-state index in [4.69, 9.17) is 19.4 Å². The van der Waals surface area contributed by atoms with Crippen molar-refractivity contribution in [3.63, 3.8) is 0 Å². The van der Waals surface area contributed by atoms with Crippen LogP contribution in [0.1, 0.15) is 22.7 Å². The van der Waals surface area contributed by atoms with E-state index in [0.29, 0.717) is 17.5 Å². The molecule has 0 amide bonds. The van der Waals surface area contributed by atoms with Crippen LogP contribution in [0.15, 0.2) is 156 Å². The summed E-state index contributed by atoms with van der Waals surface area (Å²) < 4.78 is 7.87.